The van der Waals surface area contributed by atoms with Crippen LogP contribution in [0.5, 0.6) is 0 Å². The average Bonchev–Trinajstić information content (AvgIpc) is 2.75. The second-order valence-corrected chi connectivity index (χ2v) is 8.81. The Morgan fingerprint density at radius 3 is 1.50 bits per heavy atom. The number of unbranched alkanes of at least 4 members (excludes halogenated alkanes) is 17. The van der Waals surface area contributed by atoms with E-state index in [1.807, 2.05) is 0 Å². The molecule has 0 radical (unpaired) electrons. The van der Waals surface area contributed by atoms with Crippen molar-refractivity contribution >= 4 is 5.91 Å². The third-order valence-electron chi connectivity index (χ3n) is 5.83. The first-order chi connectivity index (χ1) is 14.7. The van der Waals surface area contributed by atoms with Gasteiger partial charge in [-0.2, -0.15) is 0 Å². The van der Waals surface area contributed by atoms with Crippen LogP contribution in [0.2, 0.25) is 0 Å². The van der Waals surface area contributed by atoms with Gasteiger partial charge in [0.15, 0.2) is 6.29 Å². The number of rotatable bonds is 24. The monoisotopic (exact) mass is 429 g/mol. The Morgan fingerprint density at radius 2 is 1.10 bits per heavy atom. The Morgan fingerprint density at radius 1 is 0.700 bits per heavy atom. The average molecular weight is 430 g/mol. The summed E-state index contributed by atoms with van der Waals surface area (Å²) in [5, 5.41) is 20.1. The highest BCUT2D eigenvalue weighted by Crippen LogP contribution is 2.14. The number of hydrogen-bond donors (Lipinski definition) is 3. The van der Waals surface area contributed by atoms with Crippen LogP contribution in [0.3, 0.4) is 0 Å². The second-order valence-electron chi connectivity index (χ2n) is 8.81. The van der Waals surface area contributed by atoms with Crippen LogP contribution in [-0.4, -0.2) is 29.1 Å². The van der Waals surface area contributed by atoms with Crippen molar-refractivity contribution in [3.63, 3.8) is 0 Å². The topological polar surface area (TPSA) is 78.8 Å². The highest BCUT2D eigenvalue weighted by atomic mass is 17.1. The Labute approximate surface area is 186 Å². The predicted octanol–water partition coefficient (Wildman–Crippen LogP) is 7.12. The van der Waals surface area contributed by atoms with Gasteiger partial charge in [-0.15, -0.1) is 0 Å². The van der Waals surface area contributed by atoms with Gasteiger partial charge < -0.3 is 10.4 Å². The molecule has 0 aliphatic carbocycles. The number of hydrogen-bond acceptors (Lipinski definition) is 4. The van der Waals surface area contributed by atoms with E-state index in [4.69, 9.17) is 10.4 Å². The van der Waals surface area contributed by atoms with E-state index in [-0.39, 0.29) is 12.3 Å². The van der Waals surface area contributed by atoms with Crippen LogP contribution in [-0.2, 0) is 9.68 Å². The maximum absolute atomic E-state index is 11.6. The molecule has 1 atom stereocenters. The highest BCUT2D eigenvalue weighted by Gasteiger charge is 2.05. The predicted molar refractivity (Wildman–Crippen MR) is 125 cm³/mol. The Hall–Kier alpha value is -0.650. The largest absolute Gasteiger partial charge is 0.366 e. The van der Waals surface area contributed by atoms with Gasteiger partial charge in [-0.25, -0.2) is 10.1 Å². The molecule has 180 valence electrons. The van der Waals surface area contributed by atoms with E-state index in [0.29, 0.717) is 12.8 Å². The van der Waals surface area contributed by atoms with Crippen molar-refractivity contribution in [3.05, 3.63) is 0 Å². The molecule has 3 N–H and O–H groups in total. The summed E-state index contributed by atoms with van der Waals surface area (Å²) in [5.74, 6) is 0.00659. The zero-order chi connectivity index (χ0) is 22.1. The van der Waals surface area contributed by atoms with Crippen molar-refractivity contribution < 1.29 is 20.0 Å². The summed E-state index contributed by atoms with van der Waals surface area (Å²) < 4.78 is 0. The molecule has 0 aromatic rings. The van der Waals surface area contributed by atoms with Gasteiger partial charge in [0, 0.05) is 19.4 Å². The molecule has 1 amide bonds. The normalized spacial score (nSPS) is 12.2. The highest BCUT2D eigenvalue weighted by molar-refractivity contribution is 5.75. The number of nitrogens with one attached hydrogen (secondary N) is 1. The smallest absolute Gasteiger partial charge is 0.219 e. The molecule has 0 rings (SSSR count). The van der Waals surface area contributed by atoms with Crippen LogP contribution in [0.25, 0.3) is 0 Å². The molecule has 0 aliphatic rings. The molecule has 5 nitrogen and oxygen atoms in total. The molecule has 0 saturated heterocycles. The molecule has 0 bridgehead atoms. The molecule has 30 heavy (non-hydrogen) atoms. The summed E-state index contributed by atoms with van der Waals surface area (Å²) in [6, 6.07) is 0. The minimum Gasteiger partial charge on any atom is -0.366 e. The van der Waals surface area contributed by atoms with E-state index in [1.54, 1.807) is 0 Å². The minimum atomic E-state index is -1.19. The van der Waals surface area contributed by atoms with E-state index in [1.165, 1.54) is 109 Å². The van der Waals surface area contributed by atoms with Gasteiger partial charge in [-0.05, 0) is 12.8 Å². The lowest BCUT2D eigenvalue weighted by Gasteiger charge is -2.07. The van der Waals surface area contributed by atoms with E-state index in [0.717, 1.165) is 13.0 Å². The first-order valence-corrected chi connectivity index (χ1v) is 13.0. The van der Waals surface area contributed by atoms with Gasteiger partial charge in [0.05, 0.1) is 0 Å². The van der Waals surface area contributed by atoms with Crippen molar-refractivity contribution in [1.29, 1.82) is 0 Å². The number of carbonyl (C=O) groups is 1. The quantitative estimate of drug-likeness (QED) is 0.0660. The van der Waals surface area contributed by atoms with Gasteiger partial charge in [0.1, 0.15) is 0 Å². The lowest BCUT2D eigenvalue weighted by atomic mass is 10.0. The molecule has 0 saturated carbocycles. The number of aliphatic hydroxyl groups is 1. The van der Waals surface area contributed by atoms with E-state index < -0.39 is 6.29 Å². The van der Waals surface area contributed by atoms with Gasteiger partial charge in [0.25, 0.3) is 0 Å². The van der Waals surface area contributed by atoms with Gasteiger partial charge in [-0.3, -0.25) is 4.79 Å². The van der Waals surface area contributed by atoms with E-state index in [9.17, 15) is 4.79 Å². The lowest BCUT2D eigenvalue weighted by molar-refractivity contribution is -0.335. The molecule has 0 aliphatic heterocycles. The van der Waals surface area contributed by atoms with Gasteiger partial charge in [0.2, 0.25) is 5.91 Å². The van der Waals surface area contributed by atoms with Crippen molar-refractivity contribution in [3.8, 4) is 0 Å². The van der Waals surface area contributed by atoms with Crippen molar-refractivity contribution in [1.82, 2.24) is 5.32 Å². The summed E-state index contributed by atoms with van der Waals surface area (Å²) in [7, 11) is 0. The third kappa shape index (κ3) is 23.6. The van der Waals surface area contributed by atoms with E-state index in [2.05, 4.69) is 17.1 Å². The lowest BCUT2D eigenvalue weighted by Crippen LogP contribution is -2.24. The van der Waals surface area contributed by atoms with Crippen molar-refractivity contribution in [2.45, 2.75) is 148 Å². The fourth-order valence-electron chi connectivity index (χ4n) is 3.83. The summed E-state index contributed by atoms with van der Waals surface area (Å²) in [5.41, 5.74) is 0. The summed E-state index contributed by atoms with van der Waals surface area (Å²) >= 11 is 0. The van der Waals surface area contributed by atoms with Crippen LogP contribution < -0.4 is 5.32 Å². The van der Waals surface area contributed by atoms with Crippen LogP contribution in [0, 0.1) is 0 Å². The standard InChI is InChI=1S/C25H51NO4/c1-2-3-4-5-6-7-8-9-10-11-12-13-14-15-16-17-18-19-23-26-24(27)21-20-22-25(28)30-29/h25,28-29H,2-23H2,1H3,(H,26,27)/t25-/m0/s1. The van der Waals surface area contributed by atoms with Crippen LogP contribution in [0.15, 0.2) is 0 Å². The molecule has 0 unspecified atom stereocenters. The van der Waals surface area contributed by atoms with Crippen LogP contribution in [0.1, 0.15) is 142 Å². The maximum Gasteiger partial charge on any atom is 0.219 e. The molecule has 0 spiro atoms. The van der Waals surface area contributed by atoms with Crippen LogP contribution in [0.4, 0.5) is 0 Å². The molecule has 0 aromatic carbocycles. The van der Waals surface area contributed by atoms with Crippen LogP contribution >= 0.6 is 0 Å². The SMILES string of the molecule is CCCCCCCCCCCCCCCCCCCCNC(=O)CCC[C@@H](O)OO. The molecular formula is C25H51NO4. The Balaban J connectivity index is 3.12. The zero-order valence-electron chi connectivity index (χ0n) is 19.8. The number of aliphatic hydroxyl groups excluding tert-OH is 1. The fraction of sp³-hybridized carbons (Fsp3) is 0.960. The third-order valence-corrected chi connectivity index (χ3v) is 5.83. The van der Waals surface area contributed by atoms with Gasteiger partial charge in [-0.1, -0.05) is 116 Å². The summed E-state index contributed by atoms with van der Waals surface area (Å²) in [4.78, 5) is 15.4. The summed E-state index contributed by atoms with van der Waals surface area (Å²) in [6.07, 6.45) is 24.5. The van der Waals surface area contributed by atoms with Gasteiger partial charge >= 0.3 is 0 Å². The Kier molecular flexibility index (Phi) is 24.1. The number of amides is 1. The molecule has 0 fully saturated rings. The molecule has 5 heteroatoms. The molecule has 0 heterocycles. The molecular weight excluding hydrogens is 378 g/mol. The van der Waals surface area contributed by atoms with Crippen molar-refractivity contribution in [2.24, 2.45) is 0 Å². The second kappa shape index (κ2) is 24.6. The number of carbonyl (C=O) groups excluding carboxylic acids is 1. The fourth-order valence-corrected chi connectivity index (χ4v) is 3.83. The Bertz CT molecular complexity index is 352. The molecule has 0 aromatic heterocycles. The zero-order valence-corrected chi connectivity index (χ0v) is 19.8. The minimum absolute atomic E-state index is 0.00659. The van der Waals surface area contributed by atoms with E-state index >= 15 is 0 Å². The summed E-state index contributed by atoms with van der Waals surface area (Å²) in [6.45, 7) is 3.01. The van der Waals surface area contributed by atoms with Crippen molar-refractivity contribution in [2.75, 3.05) is 6.54 Å². The first kappa shape index (κ1) is 29.4. The first-order valence-electron chi connectivity index (χ1n) is 13.0. The maximum atomic E-state index is 11.6.